The Labute approximate surface area is 97.2 Å². The van der Waals surface area contributed by atoms with Gasteiger partial charge in [-0.3, -0.25) is 0 Å². The van der Waals surface area contributed by atoms with Crippen molar-refractivity contribution in [3.63, 3.8) is 0 Å². The van der Waals surface area contributed by atoms with Gasteiger partial charge in [0.15, 0.2) is 0 Å². The number of methoxy groups -OCH3 is 1. The van der Waals surface area contributed by atoms with Crippen molar-refractivity contribution in [3.8, 4) is 11.4 Å². The van der Waals surface area contributed by atoms with Crippen molar-refractivity contribution in [1.29, 1.82) is 0 Å². The number of phenolic OH excluding ortho intramolecular Hbond substituents is 1. The van der Waals surface area contributed by atoms with Gasteiger partial charge < -0.3 is 15.6 Å². The molecular formula is C11H11N3O3. The first-order chi connectivity index (χ1) is 8.13. The first-order valence-corrected chi connectivity index (χ1v) is 4.84. The molecule has 88 valence electrons. The standard InChI is InChI=1S/C11H11N3O3/c1-17-11(16)9-6-13-14(10(9)12)7-2-4-8(15)5-3-7/h2-6,15H,12H2,1H3. The number of nitrogens with two attached hydrogens (primary N) is 1. The normalized spacial score (nSPS) is 10.2. The summed E-state index contributed by atoms with van der Waals surface area (Å²) in [6.45, 7) is 0. The molecule has 0 radical (unpaired) electrons. The molecule has 1 aromatic heterocycles. The van der Waals surface area contributed by atoms with E-state index in [-0.39, 0.29) is 17.1 Å². The molecule has 0 atom stereocenters. The van der Waals surface area contributed by atoms with E-state index < -0.39 is 5.97 Å². The Morgan fingerprint density at radius 3 is 2.65 bits per heavy atom. The number of nitrogens with zero attached hydrogens (tertiary/aromatic N) is 2. The van der Waals surface area contributed by atoms with Gasteiger partial charge >= 0.3 is 5.97 Å². The van der Waals surface area contributed by atoms with E-state index >= 15 is 0 Å². The minimum atomic E-state index is -0.535. The third-order valence-electron chi connectivity index (χ3n) is 2.31. The molecule has 0 unspecified atom stereocenters. The molecule has 0 fully saturated rings. The summed E-state index contributed by atoms with van der Waals surface area (Å²) >= 11 is 0. The Morgan fingerprint density at radius 2 is 2.06 bits per heavy atom. The number of phenols is 1. The molecular weight excluding hydrogens is 222 g/mol. The van der Waals surface area contributed by atoms with E-state index in [1.807, 2.05) is 0 Å². The smallest absolute Gasteiger partial charge is 0.343 e. The van der Waals surface area contributed by atoms with Crippen molar-refractivity contribution in [2.75, 3.05) is 12.8 Å². The number of hydrogen-bond donors (Lipinski definition) is 2. The first-order valence-electron chi connectivity index (χ1n) is 4.84. The van der Waals surface area contributed by atoms with Crippen LogP contribution in [0.25, 0.3) is 5.69 Å². The average Bonchev–Trinajstić information content (AvgIpc) is 2.71. The van der Waals surface area contributed by atoms with Gasteiger partial charge in [-0.2, -0.15) is 5.10 Å². The molecule has 0 bridgehead atoms. The van der Waals surface area contributed by atoms with Crippen LogP contribution >= 0.6 is 0 Å². The number of aromatic hydroxyl groups is 1. The molecule has 17 heavy (non-hydrogen) atoms. The Morgan fingerprint density at radius 1 is 1.41 bits per heavy atom. The van der Waals surface area contributed by atoms with Gasteiger partial charge in [0.05, 0.1) is 19.0 Å². The minimum Gasteiger partial charge on any atom is -0.508 e. The predicted octanol–water partition coefficient (Wildman–Crippen LogP) is 0.947. The Bertz CT molecular complexity index is 546. The second-order valence-corrected chi connectivity index (χ2v) is 3.36. The largest absolute Gasteiger partial charge is 0.508 e. The maximum Gasteiger partial charge on any atom is 0.343 e. The lowest BCUT2D eigenvalue weighted by atomic mass is 10.3. The zero-order valence-corrected chi connectivity index (χ0v) is 9.12. The molecule has 0 aliphatic carbocycles. The fourth-order valence-electron chi connectivity index (χ4n) is 1.42. The molecule has 0 amide bonds. The lowest BCUT2D eigenvalue weighted by Crippen LogP contribution is -2.07. The predicted molar refractivity (Wildman–Crippen MR) is 61.0 cm³/mol. The van der Waals surface area contributed by atoms with Crippen LogP contribution in [0, 0.1) is 0 Å². The zero-order chi connectivity index (χ0) is 12.4. The summed E-state index contributed by atoms with van der Waals surface area (Å²) < 4.78 is 5.97. The van der Waals surface area contributed by atoms with Gasteiger partial charge in [0.1, 0.15) is 17.1 Å². The second-order valence-electron chi connectivity index (χ2n) is 3.36. The molecule has 0 spiro atoms. The van der Waals surface area contributed by atoms with E-state index in [2.05, 4.69) is 9.84 Å². The third kappa shape index (κ3) is 1.92. The van der Waals surface area contributed by atoms with Crippen molar-refractivity contribution >= 4 is 11.8 Å². The number of hydrogen-bond acceptors (Lipinski definition) is 5. The van der Waals surface area contributed by atoms with Gasteiger partial charge in [-0.1, -0.05) is 0 Å². The van der Waals surface area contributed by atoms with Crippen LogP contribution in [0.15, 0.2) is 30.5 Å². The SMILES string of the molecule is COC(=O)c1cnn(-c2ccc(O)cc2)c1N. The molecule has 2 rings (SSSR count). The number of aromatic nitrogens is 2. The Kier molecular flexibility index (Phi) is 2.70. The lowest BCUT2D eigenvalue weighted by Gasteiger charge is -2.04. The highest BCUT2D eigenvalue weighted by molar-refractivity contribution is 5.94. The zero-order valence-electron chi connectivity index (χ0n) is 9.12. The van der Waals surface area contributed by atoms with Crippen molar-refractivity contribution in [2.45, 2.75) is 0 Å². The quantitative estimate of drug-likeness (QED) is 0.753. The molecule has 2 aromatic rings. The van der Waals surface area contributed by atoms with Crippen LogP contribution in [0.3, 0.4) is 0 Å². The topological polar surface area (TPSA) is 90.4 Å². The Balaban J connectivity index is 2.44. The maximum atomic E-state index is 11.3. The summed E-state index contributed by atoms with van der Waals surface area (Å²) in [7, 11) is 1.28. The van der Waals surface area contributed by atoms with E-state index in [0.717, 1.165) is 0 Å². The highest BCUT2D eigenvalue weighted by Crippen LogP contribution is 2.19. The fourth-order valence-corrected chi connectivity index (χ4v) is 1.42. The van der Waals surface area contributed by atoms with Crippen LogP contribution in [0.5, 0.6) is 5.75 Å². The number of benzene rings is 1. The first kappa shape index (κ1) is 11.0. The number of ether oxygens (including phenoxy) is 1. The van der Waals surface area contributed by atoms with E-state index in [1.54, 1.807) is 12.1 Å². The van der Waals surface area contributed by atoms with Gasteiger partial charge in [-0.25, -0.2) is 9.48 Å². The summed E-state index contributed by atoms with van der Waals surface area (Å²) in [6.07, 6.45) is 1.34. The molecule has 6 nitrogen and oxygen atoms in total. The van der Waals surface area contributed by atoms with Gasteiger partial charge in [0, 0.05) is 0 Å². The van der Waals surface area contributed by atoms with Crippen LogP contribution < -0.4 is 5.73 Å². The number of anilines is 1. The summed E-state index contributed by atoms with van der Waals surface area (Å²) in [5.74, 6) is -0.192. The average molecular weight is 233 g/mol. The van der Waals surface area contributed by atoms with Crippen molar-refractivity contribution in [1.82, 2.24) is 9.78 Å². The van der Waals surface area contributed by atoms with E-state index in [4.69, 9.17) is 10.8 Å². The van der Waals surface area contributed by atoms with Crippen molar-refractivity contribution < 1.29 is 14.6 Å². The second kappa shape index (κ2) is 4.17. The molecule has 1 heterocycles. The van der Waals surface area contributed by atoms with Crippen molar-refractivity contribution in [2.24, 2.45) is 0 Å². The molecule has 0 saturated heterocycles. The lowest BCUT2D eigenvalue weighted by molar-refractivity contribution is 0.0602. The molecule has 1 aromatic carbocycles. The van der Waals surface area contributed by atoms with E-state index in [0.29, 0.717) is 5.69 Å². The van der Waals surface area contributed by atoms with Gasteiger partial charge in [0.25, 0.3) is 0 Å². The number of carbonyl (C=O) groups excluding carboxylic acids is 1. The summed E-state index contributed by atoms with van der Waals surface area (Å²) in [5, 5.41) is 13.2. The molecule has 3 N–H and O–H groups in total. The summed E-state index contributed by atoms with van der Waals surface area (Å²) in [5.41, 5.74) is 6.64. The van der Waals surface area contributed by atoms with Crippen LogP contribution in [-0.2, 0) is 4.74 Å². The highest BCUT2D eigenvalue weighted by Gasteiger charge is 2.16. The van der Waals surface area contributed by atoms with Crippen LogP contribution in [0.2, 0.25) is 0 Å². The number of carbonyl (C=O) groups is 1. The number of nitrogen functional groups attached to an aromatic ring is 1. The van der Waals surface area contributed by atoms with E-state index in [1.165, 1.54) is 30.1 Å². The summed E-state index contributed by atoms with van der Waals surface area (Å²) in [6, 6.07) is 6.29. The fraction of sp³-hybridized carbons (Fsp3) is 0.0909. The molecule has 0 aliphatic rings. The van der Waals surface area contributed by atoms with Crippen LogP contribution in [-0.4, -0.2) is 28.0 Å². The third-order valence-corrected chi connectivity index (χ3v) is 2.31. The van der Waals surface area contributed by atoms with Gasteiger partial charge in [0.2, 0.25) is 0 Å². The highest BCUT2D eigenvalue weighted by atomic mass is 16.5. The van der Waals surface area contributed by atoms with Crippen LogP contribution in [0.4, 0.5) is 5.82 Å². The molecule has 0 aliphatic heterocycles. The summed E-state index contributed by atoms with van der Waals surface area (Å²) in [4.78, 5) is 11.3. The minimum absolute atomic E-state index is 0.146. The number of rotatable bonds is 2. The monoisotopic (exact) mass is 233 g/mol. The van der Waals surface area contributed by atoms with Gasteiger partial charge in [-0.05, 0) is 24.3 Å². The maximum absolute atomic E-state index is 11.3. The van der Waals surface area contributed by atoms with Gasteiger partial charge in [-0.15, -0.1) is 0 Å². The van der Waals surface area contributed by atoms with Crippen molar-refractivity contribution in [3.05, 3.63) is 36.0 Å². The molecule has 6 heteroatoms. The van der Waals surface area contributed by atoms with E-state index in [9.17, 15) is 4.79 Å². The van der Waals surface area contributed by atoms with Crippen LogP contribution in [0.1, 0.15) is 10.4 Å². The molecule has 0 saturated carbocycles. The number of esters is 1. The Hall–Kier alpha value is -2.50.